The molecular formula is C48H30N2. The molecule has 0 N–H and O–H groups in total. The predicted molar refractivity (Wildman–Crippen MR) is 211 cm³/mol. The van der Waals surface area contributed by atoms with Crippen LogP contribution in [0.5, 0.6) is 0 Å². The minimum absolute atomic E-state index is 0.709. The largest absolute Gasteiger partial charge is 0.228 e. The van der Waals surface area contributed by atoms with E-state index in [9.17, 15) is 0 Å². The molecule has 0 fully saturated rings. The molecular weight excluding hydrogens is 605 g/mol. The third kappa shape index (κ3) is 4.73. The van der Waals surface area contributed by atoms with Gasteiger partial charge in [0, 0.05) is 16.7 Å². The monoisotopic (exact) mass is 634 g/mol. The molecule has 50 heavy (non-hydrogen) atoms. The van der Waals surface area contributed by atoms with Gasteiger partial charge in [0.15, 0.2) is 5.82 Å². The predicted octanol–water partition coefficient (Wildman–Crippen LogP) is 12.9. The van der Waals surface area contributed by atoms with Gasteiger partial charge >= 0.3 is 0 Å². The highest BCUT2D eigenvalue weighted by molar-refractivity contribution is 6.20. The van der Waals surface area contributed by atoms with E-state index < -0.39 is 0 Å². The highest BCUT2D eigenvalue weighted by atomic mass is 14.9. The topological polar surface area (TPSA) is 25.8 Å². The van der Waals surface area contributed by atoms with Crippen LogP contribution >= 0.6 is 0 Å². The van der Waals surface area contributed by atoms with Gasteiger partial charge in [-0.15, -0.1) is 0 Å². The Hall–Kier alpha value is -6.64. The smallest absolute Gasteiger partial charge is 0.160 e. The Morgan fingerprint density at radius 3 is 1.52 bits per heavy atom. The number of aromatic nitrogens is 2. The van der Waals surface area contributed by atoms with E-state index in [-0.39, 0.29) is 0 Å². The lowest BCUT2D eigenvalue weighted by Crippen LogP contribution is -1.96. The number of hydrogen-bond donors (Lipinski definition) is 0. The summed E-state index contributed by atoms with van der Waals surface area (Å²) >= 11 is 0. The molecule has 0 aliphatic heterocycles. The van der Waals surface area contributed by atoms with Gasteiger partial charge in [0.2, 0.25) is 0 Å². The van der Waals surface area contributed by atoms with Crippen LogP contribution in [0, 0.1) is 0 Å². The quantitative estimate of drug-likeness (QED) is 0.142. The van der Waals surface area contributed by atoms with Gasteiger partial charge in [-0.3, -0.25) is 0 Å². The maximum absolute atomic E-state index is 5.19. The van der Waals surface area contributed by atoms with Crippen molar-refractivity contribution in [2.24, 2.45) is 0 Å². The Balaban J connectivity index is 1.12. The van der Waals surface area contributed by atoms with Crippen LogP contribution in [0.1, 0.15) is 0 Å². The fourth-order valence-electron chi connectivity index (χ4n) is 7.57. The van der Waals surface area contributed by atoms with Crippen LogP contribution in [-0.4, -0.2) is 9.97 Å². The zero-order valence-electron chi connectivity index (χ0n) is 27.2. The highest BCUT2D eigenvalue weighted by Crippen LogP contribution is 2.40. The summed E-state index contributed by atoms with van der Waals surface area (Å²) in [5, 5.41) is 12.5. The van der Waals surface area contributed by atoms with Crippen molar-refractivity contribution in [3.05, 3.63) is 182 Å². The normalized spacial score (nSPS) is 11.6. The van der Waals surface area contributed by atoms with Crippen LogP contribution in [0.25, 0.3) is 98.9 Å². The molecule has 2 nitrogen and oxygen atoms in total. The summed E-state index contributed by atoms with van der Waals surface area (Å²) < 4.78 is 0. The number of fused-ring (bicyclic) bond motifs is 7. The summed E-state index contributed by atoms with van der Waals surface area (Å²) in [6.45, 7) is 0. The summed E-state index contributed by atoms with van der Waals surface area (Å²) in [4.78, 5) is 10.3. The lowest BCUT2D eigenvalue weighted by atomic mass is 9.89. The summed E-state index contributed by atoms with van der Waals surface area (Å²) in [7, 11) is 0. The molecule has 10 aromatic rings. The Labute approximate surface area is 290 Å². The molecule has 1 heterocycles. The van der Waals surface area contributed by atoms with Crippen LogP contribution < -0.4 is 0 Å². The molecule has 0 radical (unpaired) electrons. The molecule has 0 aliphatic carbocycles. The van der Waals surface area contributed by atoms with Crippen molar-refractivity contribution < 1.29 is 0 Å². The van der Waals surface area contributed by atoms with Gasteiger partial charge in [-0.1, -0.05) is 164 Å². The van der Waals surface area contributed by atoms with Crippen LogP contribution in [0.3, 0.4) is 0 Å². The van der Waals surface area contributed by atoms with Crippen molar-refractivity contribution in [2.75, 3.05) is 0 Å². The second-order valence-electron chi connectivity index (χ2n) is 13.0. The molecule has 2 heteroatoms. The maximum atomic E-state index is 5.19. The van der Waals surface area contributed by atoms with Crippen molar-refractivity contribution in [3.8, 4) is 45.0 Å². The average Bonchev–Trinajstić information content (AvgIpc) is 3.20. The van der Waals surface area contributed by atoms with E-state index in [0.717, 1.165) is 28.1 Å². The first-order chi connectivity index (χ1) is 24.8. The molecule has 9 aromatic carbocycles. The third-order valence-electron chi connectivity index (χ3n) is 10.0. The standard InChI is InChI=1S/C48H30N2/c1-2-12-33(13-3-1)45-30-46(38-25-26-41-37(28-38)23-18-31-10-4-7-15-39(31)41)50-48(49-45)35-21-19-34(20-22-35)47-42-17-9-6-14-36(42)29-44-40-16-8-5-11-32(40)24-27-43(44)47/h1-30H. The van der Waals surface area contributed by atoms with E-state index in [4.69, 9.17) is 9.97 Å². The lowest BCUT2D eigenvalue weighted by molar-refractivity contribution is 1.18. The minimum atomic E-state index is 0.709. The van der Waals surface area contributed by atoms with Gasteiger partial charge < -0.3 is 0 Å². The van der Waals surface area contributed by atoms with Crippen molar-refractivity contribution in [2.45, 2.75) is 0 Å². The molecule has 0 atom stereocenters. The Morgan fingerprint density at radius 1 is 0.260 bits per heavy atom. The number of hydrogen-bond acceptors (Lipinski definition) is 2. The molecule has 0 unspecified atom stereocenters. The van der Waals surface area contributed by atoms with Crippen molar-refractivity contribution in [1.82, 2.24) is 9.97 Å². The van der Waals surface area contributed by atoms with E-state index in [1.807, 2.05) is 6.07 Å². The van der Waals surface area contributed by atoms with Crippen molar-refractivity contribution in [1.29, 1.82) is 0 Å². The molecule has 0 aliphatic rings. The first-order valence-corrected chi connectivity index (χ1v) is 17.1. The van der Waals surface area contributed by atoms with E-state index >= 15 is 0 Å². The highest BCUT2D eigenvalue weighted by Gasteiger charge is 2.15. The second-order valence-corrected chi connectivity index (χ2v) is 13.0. The van der Waals surface area contributed by atoms with Gasteiger partial charge in [0.25, 0.3) is 0 Å². The van der Waals surface area contributed by atoms with Gasteiger partial charge in [-0.05, 0) is 83.2 Å². The molecule has 0 bridgehead atoms. The lowest BCUT2D eigenvalue weighted by Gasteiger charge is -2.15. The number of nitrogens with zero attached hydrogens (tertiary/aromatic N) is 2. The molecule has 0 saturated heterocycles. The van der Waals surface area contributed by atoms with Crippen LogP contribution in [0.15, 0.2) is 182 Å². The first-order valence-electron chi connectivity index (χ1n) is 17.1. The molecule has 232 valence electrons. The maximum Gasteiger partial charge on any atom is 0.160 e. The van der Waals surface area contributed by atoms with Gasteiger partial charge in [0.05, 0.1) is 11.4 Å². The molecule has 1 aromatic heterocycles. The SMILES string of the molecule is c1ccc(-c2cc(-c3ccc4c(ccc5ccccc54)c3)nc(-c3ccc(-c4c5ccccc5cc5c4ccc4ccccc45)cc3)n2)cc1. The van der Waals surface area contributed by atoms with Crippen molar-refractivity contribution >= 4 is 53.9 Å². The summed E-state index contributed by atoms with van der Waals surface area (Å²) in [5.41, 5.74) is 7.34. The summed E-state index contributed by atoms with van der Waals surface area (Å²) in [5.74, 6) is 0.709. The fraction of sp³-hybridized carbons (Fsp3) is 0. The van der Waals surface area contributed by atoms with Gasteiger partial charge in [-0.2, -0.15) is 0 Å². The molecule has 10 rings (SSSR count). The number of rotatable bonds is 4. The van der Waals surface area contributed by atoms with E-state index in [1.54, 1.807) is 0 Å². The van der Waals surface area contributed by atoms with Crippen molar-refractivity contribution in [3.63, 3.8) is 0 Å². The first kappa shape index (κ1) is 28.4. The molecule has 0 spiro atoms. The van der Waals surface area contributed by atoms with Crippen LogP contribution in [0.2, 0.25) is 0 Å². The average molecular weight is 635 g/mol. The molecule has 0 saturated carbocycles. The van der Waals surface area contributed by atoms with E-state index in [2.05, 4.69) is 176 Å². The van der Waals surface area contributed by atoms with Crippen LogP contribution in [0.4, 0.5) is 0 Å². The van der Waals surface area contributed by atoms with Gasteiger partial charge in [-0.25, -0.2) is 9.97 Å². The third-order valence-corrected chi connectivity index (χ3v) is 10.0. The second kappa shape index (κ2) is 11.5. The molecule has 0 amide bonds. The van der Waals surface area contributed by atoms with Gasteiger partial charge in [0.1, 0.15) is 0 Å². The summed E-state index contributed by atoms with van der Waals surface area (Å²) in [6.07, 6.45) is 0. The van der Waals surface area contributed by atoms with Crippen LogP contribution in [-0.2, 0) is 0 Å². The Morgan fingerprint density at radius 2 is 0.760 bits per heavy atom. The Kier molecular flexibility index (Phi) is 6.53. The number of benzene rings is 9. The van der Waals surface area contributed by atoms with E-state index in [0.29, 0.717) is 5.82 Å². The zero-order valence-corrected chi connectivity index (χ0v) is 27.2. The Bertz CT molecular complexity index is 2910. The van der Waals surface area contributed by atoms with E-state index in [1.165, 1.54) is 65.0 Å². The zero-order chi connectivity index (χ0) is 33.0. The summed E-state index contributed by atoms with van der Waals surface area (Å²) in [6, 6.07) is 65.1. The fourth-order valence-corrected chi connectivity index (χ4v) is 7.57. The minimum Gasteiger partial charge on any atom is -0.228 e.